The van der Waals surface area contributed by atoms with Gasteiger partial charge in [0, 0.05) is 49.5 Å². The minimum absolute atomic E-state index is 0.574. The fourth-order valence-corrected chi connectivity index (χ4v) is 3.01. The van der Waals surface area contributed by atoms with Crippen LogP contribution in [0.25, 0.3) is 10.9 Å². The maximum atomic E-state index is 6.04. The molecule has 2 heterocycles. The summed E-state index contributed by atoms with van der Waals surface area (Å²) in [6.07, 6.45) is 1.85. The van der Waals surface area contributed by atoms with Crippen molar-refractivity contribution in [1.82, 2.24) is 14.8 Å². The molecule has 4 heteroatoms. The van der Waals surface area contributed by atoms with Gasteiger partial charge in [-0.2, -0.15) is 0 Å². The Labute approximate surface area is 120 Å². The number of likely N-dealkylation sites (N-methyl/N-ethyl adjacent to an activating group) is 1. The molecule has 1 fully saturated rings. The van der Waals surface area contributed by atoms with E-state index in [1.54, 1.807) is 0 Å². The smallest absolute Gasteiger partial charge is 0.0767 e. The van der Waals surface area contributed by atoms with Crippen molar-refractivity contribution >= 4 is 16.6 Å². The number of nitrogens with two attached hydrogens (primary N) is 1. The number of piperazine rings is 1. The van der Waals surface area contributed by atoms with Gasteiger partial charge < -0.3 is 10.6 Å². The van der Waals surface area contributed by atoms with Gasteiger partial charge >= 0.3 is 0 Å². The third-order valence-corrected chi connectivity index (χ3v) is 4.23. The lowest BCUT2D eigenvalue weighted by molar-refractivity contribution is 0.0941. The van der Waals surface area contributed by atoms with Gasteiger partial charge in [0.05, 0.1) is 5.52 Å². The van der Waals surface area contributed by atoms with E-state index >= 15 is 0 Å². The molecule has 1 saturated heterocycles. The predicted molar refractivity (Wildman–Crippen MR) is 83.5 cm³/mol. The lowest BCUT2D eigenvalue weighted by Crippen LogP contribution is -2.49. The number of anilines is 1. The summed E-state index contributed by atoms with van der Waals surface area (Å²) >= 11 is 0. The van der Waals surface area contributed by atoms with E-state index in [4.69, 9.17) is 5.73 Å². The second-order valence-electron chi connectivity index (χ2n) is 5.80. The van der Waals surface area contributed by atoms with Gasteiger partial charge in [-0.15, -0.1) is 0 Å². The second kappa shape index (κ2) is 5.38. The standard InChI is InChI=1S/C16H22N4/c1-12-10-19(2)8-9-20(12)11-13-5-6-15(17)14-4-3-7-18-16(13)14/h3-7,12H,8-11,17H2,1-2H3. The summed E-state index contributed by atoms with van der Waals surface area (Å²) in [6, 6.07) is 8.69. The average Bonchev–Trinajstić information content (AvgIpc) is 2.45. The molecule has 1 aliphatic rings. The van der Waals surface area contributed by atoms with E-state index < -0.39 is 0 Å². The van der Waals surface area contributed by atoms with Crippen molar-refractivity contribution in [1.29, 1.82) is 0 Å². The first-order chi connectivity index (χ1) is 9.65. The fourth-order valence-electron chi connectivity index (χ4n) is 3.01. The summed E-state index contributed by atoms with van der Waals surface area (Å²) in [4.78, 5) is 9.45. The number of benzene rings is 1. The van der Waals surface area contributed by atoms with Gasteiger partial charge in [-0.25, -0.2) is 0 Å². The lowest BCUT2D eigenvalue weighted by atomic mass is 10.1. The van der Waals surface area contributed by atoms with Gasteiger partial charge in [-0.05, 0) is 37.7 Å². The molecule has 2 aromatic rings. The molecule has 0 bridgehead atoms. The van der Waals surface area contributed by atoms with Crippen molar-refractivity contribution in [2.45, 2.75) is 19.5 Å². The van der Waals surface area contributed by atoms with Gasteiger partial charge in [0.25, 0.3) is 0 Å². The number of rotatable bonds is 2. The predicted octanol–water partition coefficient (Wildman–Crippen LogP) is 1.95. The summed E-state index contributed by atoms with van der Waals surface area (Å²) in [5, 5.41) is 1.06. The average molecular weight is 270 g/mol. The topological polar surface area (TPSA) is 45.4 Å². The van der Waals surface area contributed by atoms with Crippen LogP contribution < -0.4 is 5.73 Å². The first-order valence-electron chi connectivity index (χ1n) is 7.20. The van der Waals surface area contributed by atoms with E-state index in [0.717, 1.165) is 42.8 Å². The molecular formula is C16H22N4. The number of hydrogen-bond acceptors (Lipinski definition) is 4. The van der Waals surface area contributed by atoms with Crippen LogP contribution in [0.15, 0.2) is 30.5 Å². The monoisotopic (exact) mass is 270 g/mol. The van der Waals surface area contributed by atoms with Crippen LogP contribution in [0.3, 0.4) is 0 Å². The molecule has 1 aliphatic heterocycles. The Morgan fingerprint density at radius 1 is 1.30 bits per heavy atom. The summed E-state index contributed by atoms with van der Waals surface area (Å²) in [7, 11) is 2.19. The quantitative estimate of drug-likeness (QED) is 0.847. The van der Waals surface area contributed by atoms with E-state index in [2.05, 4.69) is 40.9 Å². The highest BCUT2D eigenvalue weighted by molar-refractivity contribution is 5.92. The van der Waals surface area contributed by atoms with Crippen LogP contribution >= 0.6 is 0 Å². The molecule has 1 atom stereocenters. The Kier molecular flexibility index (Phi) is 3.59. The SMILES string of the molecule is CC1CN(C)CCN1Cc1ccc(N)c2cccnc12. The van der Waals surface area contributed by atoms with E-state index in [1.165, 1.54) is 5.56 Å². The summed E-state index contributed by atoms with van der Waals surface area (Å²) in [6.45, 7) is 6.60. The van der Waals surface area contributed by atoms with Crippen molar-refractivity contribution in [2.75, 3.05) is 32.4 Å². The van der Waals surface area contributed by atoms with Crippen molar-refractivity contribution in [3.8, 4) is 0 Å². The van der Waals surface area contributed by atoms with Crippen molar-refractivity contribution < 1.29 is 0 Å². The van der Waals surface area contributed by atoms with Crippen molar-refractivity contribution in [2.24, 2.45) is 0 Å². The Morgan fingerprint density at radius 3 is 2.95 bits per heavy atom. The molecular weight excluding hydrogens is 248 g/mol. The molecule has 0 spiro atoms. The molecule has 4 nitrogen and oxygen atoms in total. The highest BCUT2D eigenvalue weighted by atomic mass is 15.3. The second-order valence-corrected chi connectivity index (χ2v) is 5.80. The zero-order valence-electron chi connectivity index (χ0n) is 12.2. The largest absolute Gasteiger partial charge is 0.398 e. The highest BCUT2D eigenvalue weighted by Gasteiger charge is 2.22. The number of fused-ring (bicyclic) bond motifs is 1. The third-order valence-electron chi connectivity index (χ3n) is 4.23. The normalized spacial score (nSPS) is 21.4. The van der Waals surface area contributed by atoms with Gasteiger partial charge in [0.2, 0.25) is 0 Å². The van der Waals surface area contributed by atoms with E-state index in [0.29, 0.717) is 6.04 Å². The Balaban J connectivity index is 1.90. The zero-order valence-corrected chi connectivity index (χ0v) is 12.2. The van der Waals surface area contributed by atoms with Gasteiger partial charge in [0.15, 0.2) is 0 Å². The fraction of sp³-hybridized carbons (Fsp3) is 0.438. The van der Waals surface area contributed by atoms with Crippen LogP contribution in [0.4, 0.5) is 5.69 Å². The van der Waals surface area contributed by atoms with Gasteiger partial charge in [0.1, 0.15) is 0 Å². The number of nitrogen functional groups attached to an aromatic ring is 1. The van der Waals surface area contributed by atoms with Gasteiger partial charge in [-0.1, -0.05) is 6.07 Å². The molecule has 0 amide bonds. The first kappa shape index (κ1) is 13.3. The van der Waals surface area contributed by atoms with E-state index in [9.17, 15) is 0 Å². The van der Waals surface area contributed by atoms with Gasteiger partial charge in [-0.3, -0.25) is 9.88 Å². The Hall–Kier alpha value is -1.65. The van der Waals surface area contributed by atoms with E-state index in [1.807, 2.05) is 18.3 Å². The molecule has 106 valence electrons. The molecule has 1 aromatic carbocycles. The van der Waals surface area contributed by atoms with Crippen LogP contribution in [-0.4, -0.2) is 47.5 Å². The minimum Gasteiger partial charge on any atom is -0.398 e. The summed E-state index contributed by atoms with van der Waals surface area (Å²) < 4.78 is 0. The molecule has 3 rings (SSSR count). The van der Waals surface area contributed by atoms with Crippen molar-refractivity contribution in [3.63, 3.8) is 0 Å². The number of aromatic nitrogens is 1. The lowest BCUT2D eigenvalue weighted by Gasteiger charge is -2.38. The van der Waals surface area contributed by atoms with E-state index in [-0.39, 0.29) is 0 Å². The summed E-state index contributed by atoms with van der Waals surface area (Å²) in [5.41, 5.74) is 9.16. The molecule has 20 heavy (non-hydrogen) atoms. The number of hydrogen-bond donors (Lipinski definition) is 1. The molecule has 1 unspecified atom stereocenters. The Bertz CT molecular complexity index is 610. The first-order valence-corrected chi connectivity index (χ1v) is 7.20. The number of pyridine rings is 1. The van der Waals surface area contributed by atoms with Crippen LogP contribution in [-0.2, 0) is 6.54 Å². The maximum absolute atomic E-state index is 6.04. The molecule has 2 N–H and O–H groups in total. The van der Waals surface area contributed by atoms with Crippen LogP contribution in [0, 0.1) is 0 Å². The molecule has 0 saturated carbocycles. The van der Waals surface area contributed by atoms with Crippen LogP contribution in [0.2, 0.25) is 0 Å². The van der Waals surface area contributed by atoms with Crippen molar-refractivity contribution in [3.05, 3.63) is 36.0 Å². The molecule has 0 radical (unpaired) electrons. The zero-order chi connectivity index (χ0) is 14.1. The molecule has 0 aliphatic carbocycles. The number of nitrogens with zero attached hydrogens (tertiary/aromatic N) is 3. The highest BCUT2D eigenvalue weighted by Crippen LogP contribution is 2.24. The van der Waals surface area contributed by atoms with Crippen LogP contribution in [0.1, 0.15) is 12.5 Å². The van der Waals surface area contributed by atoms with Crippen LogP contribution in [0.5, 0.6) is 0 Å². The molecule has 1 aromatic heterocycles. The summed E-state index contributed by atoms with van der Waals surface area (Å²) in [5.74, 6) is 0. The Morgan fingerprint density at radius 2 is 2.15 bits per heavy atom. The maximum Gasteiger partial charge on any atom is 0.0767 e. The third kappa shape index (κ3) is 2.49. The minimum atomic E-state index is 0.574.